The summed E-state index contributed by atoms with van der Waals surface area (Å²) in [5, 5.41) is 0. The van der Waals surface area contributed by atoms with Gasteiger partial charge < -0.3 is 0 Å². The van der Waals surface area contributed by atoms with Crippen molar-refractivity contribution in [1.82, 2.24) is 0 Å². The number of fused-ring (bicyclic) bond motifs is 2. The number of hydrogen-bond donors (Lipinski definition) is 0. The van der Waals surface area contributed by atoms with E-state index in [0.29, 0.717) is 0 Å². The zero-order chi connectivity index (χ0) is 17.9. The standard InChI is InChI=1S/C26H36/c1-3-5-6-20-8-10-24-18-26(14-12-22(24)16-20)25-13-11-21-15-19(4-2)7-9-23(21)17-25/h3-4,7,9,15,20,22,24-26H,1-2,5-6,8,10-14,16-18H2. The Bertz CT molecular complexity index is 639. The van der Waals surface area contributed by atoms with E-state index in [0.717, 1.165) is 29.6 Å². The number of allylic oxidation sites excluding steroid dienone is 1. The molecule has 140 valence electrons. The zero-order valence-corrected chi connectivity index (χ0v) is 16.5. The maximum absolute atomic E-state index is 3.92. The van der Waals surface area contributed by atoms with E-state index in [9.17, 15) is 0 Å². The minimum atomic E-state index is 0.941. The lowest BCUT2D eigenvalue weighted by Gasteiger charge is -2.45. The Morgan fingerprint density at radius 3 is 2.42 bits per heavy atom. The lowest BCUT2D eigenvalue weighted by molar-refractivity contribution is 0.0699. The van der Waals surface area contributed by atoms with Crippen LogP contribution in [0.1, 0.15) is 74.5 Å². The topological polar surface area (TPSA) is 0 Å². The van der Waals surface area contributed by atoms with Crippen LogP contribution in [0.5, 0.6) is 0 Å². The van der Waals surface area contributed by atoms with E-state index in [4.69, 9.17) is 0 Å². The molecule has 1 aromatic rings. The second-order valence-electron chi connectivity index (χ2n) is 9.37. The Hall–Kier alpha value is -1.30. The summed E-state index contributed by atoms with van der Waals surface area (Å²) in [5.41, 5.74) is 4.51. The smallest absolute Gasteiger partial charge is 0.0245 e. The van der Waals surface area contributed by atoms with Crippen molar-refractivity contribution in [1.29, 1.82) is 0 Å². The van der Waals surface area contributed by atoms with Crippen molar-refractivity contribution in [2.45, 2.75) is 70.6 Å². The van der Waals surface area contributed by atoms with Crippen molar-refractivity contribution in [2.24, 2.45) is 29.6 Å². The van der Waals surface area contributed by atoms with E-state index >= 15 is 0 Å². The van der Waals surface area contributed by atoms with Gasteiger partial charge in [0, 0.05) is 0 Å². The van der Waals surface area contributed by atoms with E-state index in [1.165, 1.54) is 76.2 Å². The number of benzene rings is 1. The van der Waals surface area contributed by atoms with Gasteiger partial charge in [-0.1, -0.05) is 43.4 Å². The van der Waals surface area contributed by atoms with Crippen molar-refractivity contribution in [3.8, 4) is 0 Å². The minimum absolute atomic E-state index is 0.941. The Labute approximate surface area is 160 Å². The van der Waals surface area contributed by atoms with Crippen molar-refractivity contribution in [2.75, 3.05) is 0 Å². The number of aryl methyl sites for hydroxylation is 1. The summed E-state index contributed by atoms with van der Waals surface area (Å²) in [7, 11) is 0. The third-order valence-electron chi connectivity index (χ3n) is 7.94. The summed E-state index contributed by atoms with van der Waals surface area (Å²) >= 11 is 0. The maximum atomic E-state index is 3.92. The molecule has 5 atom stereocenters. The second-order valence-corrected chi connectivity index (χ2v) is 9.37. The van der Waals surface area contributed by atoms with Crippen molar-refractivity contribution >= 4 is 6.08 Å². The van der Waals surface area contributed by atoms with Gasteiger partial charge in [-0.25, -0.2) is 0 Å². The van der Waals surface area contributed by atoms with Crippen LogP contribution in [0, 0.1) is 29.6 Å². The van der Waals surface area contributed by atoms with Gasteiger partial charge in [-0.15, -0.1) is 6.58 Å². The number of rotatable bonds is 5. The molecule has 3 aliphatic carbocycles. The summed E-state index contributed by atoms with van der Waals surface area (Å²) in [4.78, 5) is 0. The van der Waals surface area contributed by atoms with Crippen LogP contribution in [-0.2, 0) is 12.8 Å². The Kier molecular flexibility index (Phi) is 5.67. The molecule has 0 heterocycles. The molecule has 0 saturated heterocycles. The van der Waals surface area contributed by atoms with Gasteiger partial charge in [-0.3, -0.25) is 0 Å². The fraction of sp³-hybridized carbons (Fsp3) is 0.615. The van der Waals surface area contributed by atoms with Gasteiger partial charge in [0.1, 0.15) is 0 Å². The molecule has 2 saturated carbocycles. The second kappa shape index (κ2) is 8.15. The lowest BCUT2D eigenvalue weighted by Crippen LogP contribution is -2.35. The van der Waals surface area contributed by atoms with E-state index in [-0.39, 0.29) is 0 Å². The molecule has 0 radical (unpaired) electrons. The third kappa shape index (κ3) is 3.85. The normalized spacial score (nSPS) is 33.8. The van der Waals surface area contributed by atoms with Crippen LogP contribution < -0.4 is 0 Å². The average molecular weight is 349 g/mol. The van der Waals surface area contributed by atoms with Crippen LogP contribution in [0.2, 0.25) is 0 Å². The highest BCUT2D eigenvalue weighted by atomic mass is 14.4. The third-order valence-corrected chi connectivity index (χ3v) is 7.94. The van der Waals surface area contributed by atoms with Crippen molar-refractivity contribution in [3.05, 3.63) is 54.1 Å². The van der Waals surface area contributed by atoms with E-state index in [1.54, 1.807) is 11.1 Å². The quantitative estimate of drug-likeness (QED) is 0.492. The van der Waals surface area contributed by atoms with Crippen LogP contribution in [-0.4, -0.2) is 0 Å². The Morgan fingerprint density at radius 1 is 0.846 bits per heavy atom. The van der Waals surface area contributed by atoms with Crippen LogP contribution in [0.4, 0.5) is 0 Å². The minimum Gasteiger partial charge on any atom is -0.103 e. The van der Waals surface area contributed by atoms with Gasteiger partial charge >= 0.3 is 0 Å². The van der Waals surface area contributed by atoms with Crippen molar-refractivity contribution < 1.29 is 0 Å². The van der Waals surface area contributed by atoms with Gasteiger partial charge in [0.25, 0.3) is 0 Å². The summed E-state index contributed by atoms with van der Waals surface area (Å²) < 4.78 is 0. The first-order chi connectivity index (χ1) is 12.8. The first-order valence-corrected chi connectivity index (χ1v) is 11.1. The molecule has 0 aliphatic heterocycles. The lowest BCUT2D eigenvalue weighted by atomic mass is 9.61. The summed E-state index contributed by atoms with van der Waals surface area (Å²) in [6, 6.07) is 7.02. The average Bonchev–Trinajstić information content (AvgIpc) is 2.70. The molecule has 4 rings (SSSR count). The van der Waals surface area contributed by atoms with E-state index in [2.05, 4.69) is 37.4 Å². The molecule has 1 aromatic carbocycles. The molecule has 3 aliphatic rings. The molecule has 0 spiro atoms. The summed E-state index contributed by atoms with van der Waals surface area (Å²) in [6.07, 6.45) is 19.8. The molecular formula is C26H36. The first-order valence-electron chi connectivity index (χ1n) is 11.1. The first kappa shape index (κ1) is 18.1. The maximum Gasteiger partial charge on any atom is -0.0245 e. The van der Waals surface area contributed by atoms with Crippen LogP contribution in [0.25, 0.3) is 6.08 Å². The fourth-order valence-electron chi connectivity index (χ4n) is 6.40. The summed E-state index contributed by atoms with van der Waals surface area (Å²) in [6.45, 7) is 7.83. The van der Waals surface area contributed by atoms with Crippen molar-refractivity contribution in [3.63, 3.8) is 0 Å². The van der Waals surface area contributed by atoms with Crippen LogP contribution >= 0.6 is 0 Å². The molecule has 0 amide bonds. The fourth-order valence-corrected chi connectivity index (χ4v) is 6.40. The molecule has 0 heteroatoms. The molecule has 26 heavy (non-hydrogen) atoms. The van der Waals surface area contributed by atoms with Gasteiger partial charge in [0.15, 0.2) is 0 Å². The van der Waals surface area contributed by atoms with Gasteiger partial charge in [0.05, 0.1) is 0 Å². The molecule has 0 N–H and O–H groups in total. The largest absolute Gasteiger partial charge is 0.103 e. The van der Waals surface area contributed by atoms with Crippen LogP contribution in [0.3, 0.4) is 0 Å². The van der Waals surface area contributed by atoms with Crippen LogP contribution in [0.15, 0.2) is 37.4 Å². The summed E-state index contributed by atoms with van der Waals surface area (Å²) in [5.74, 6) is 5.01. The highest BCUT2D eigenvalue weighted by molar-refractivity contribution is 5.50. The van der Waals surface area contributed by atoms with Gasteiger partial charge in [0.2, 0.25) is 0 Å². The SMILES string of the molecule is C=CCCC1CCC2CC(C3CCc4cc(C=C)ccc4C3)CCC2C1. The highest BCUT2D eigenvalue weighted by Crippen LogP contribution is 2.49. The molecule has 0 aromatic heterocycles. The Morgan fingerprint density at radius 2 is 1.62 bits per heavy atom. The molecule has 0 nitrogen and oxygen atoms in total. The zero-order valence-electron chi connectivity index (χ0n) is 16.5. The van der Waals surface area contributed by atoms with E-state index in [1.807, 2.05) is 6.08 Å². The molecule has 5 unspecified atom stereocenters. The molecule has 2 fully saturated rings. The monoisotopic (exact) mass is 348 g/mol. The van der Waals surface area contributed by atoms with Gasteiger partial charge in [-0.2, -0.15) is 0 Å². The van der Waals surface area contributed by atoms with E-state index < -0.39 is 0 Å². The predicted molar refractivity (Wildman–Crippen MR) is 113 cm³/mol. The predicted octanol–water partition coefficient (Wildman–Crippen LogP) is 7.23. The Balaban J connectivity index is 1.34. The van der Waals surface area contributed by atoms with Gasteiger partial charge in [-0.05, 0) is 110 Å². The number of hydrogen-bond acceptors (Lipinski definition) is 0. The molecule has 0 bridgehead atoms. The molecular weight excluding hydrogens is 312 g/mol. The highest BCUT2D eigenvalue weighted by Gasteiger charge is 2.38.